The summed E-state index contributed by atoms with van der Waals surface area (Å²) in [6, 6.07) is 7.36. The maximum Gasteiger partial charge on any atom is 0.344 e. The van der Waals surface area contributed by atoms with Gasteiger partial charge >= 0.3 is 5.97 Å². The van der Waals surface area contributed by atoms with Crippen LogP contribution in [-0.4, -0.2) is 56.3 Å². The maximum absolute atomic E-state index is 11.6. The summed E-state index contributed by atoms with van der Waals surface area (Å²) in [7, 11) is 0. The number of rotatable bonds is 6. The van der Waals surface area contributed by atoms with E-state index in [1.54, 1.807) is 24.3 Å². The van der Waals surface area contributed by atoms with Gasteiger partial charge in [0.25, 0.3) is 0 Å². The maximum atomic E-state index is 11.6. The molecule has 1 aromatic carbocycles. The molecule has 1 N–H and O–H groups in total. The molecule has 0 aromatic heterocycles. The van der Waals surface area contributed by atoms with Crippen LogP contribution in [0.4, 0.5) is 0 Å². The summed E-state index contributed by atoms with van der Waals surface area (Å²) in [5, 5.41) is 4.01. The van der Waals surface area contributed by atoms with Crippen LogP contribution >= 0.6 is 11.6 Å². The largest absolute Gasteiger partial charge is 0.482 e. The van der Waals surface area contributed by atoms with E-state index in [9.17, 15) is 4.79 Å². The van der Waals surface area contributed by atoms with Crippen molar-refractivity contribution >= 4 is 17.6 Å². The van der Waals surface area contributed by atoms with Crippen molar-refractivity contribution in [3.05, 3.63) is 29.3 Å². The van der Waals surface area contributed by atoms with E-state index in [-0.39, 0.29) is 12.6 Å². The normalized spacial score (nSPS) is 19.2. The topological polar surface area (TPSA) is 50.8 Å². The van der Waals surface area contributed by atoms with Crippen molar-refractivity contribution in [2.24, 2.45) is 0 Å². The molecule has 6 heteroatoms. The van der Waals surface area contributed by atoms with Crippen molar-refractivity contribution in [3.63, 3.8) is 0 Å². The molecule has 1 aliphatic heterocycles. The van der Waals surface area contributed by atoms with Gasteiger partial charge in [-0.1, -0.05) is 11.6 Å². The van der Waals surface area contributed by atoms with Crippen LogP contribution in [0, 0.1) is 0 Å². The van der Waals surface area contributed by atoms with Crippen LogP contribution in [0.3, 0.4) is 0 Å². The standard InChI is InChI=1S/C15H21ClN2O3/c1-12-10-18(7-6-17-12)8-9-20-15(19)11-21-14-4-2-13(16)3-5-14/h2-5,12,17H,6-11H2,1H3. The molecule has 5 nitrogen and oxygen atoms in total. The molecule has 0 saturated carbocycles. The molecule has 21 heavy (non-hydrogen) atoms. The van der Waals surface area contributed by atoms with Crippen molar-refractivity contribution in [2.75, 3.05) is 39.4 Å². The number of ether oxygens (including phenoxy) is 2. The minimum atomic E-state index is -0.354. The van der Waals surface area contributed by atoms with Gasteiger partial charge in [-0.2, -0.15) is 0 Å². The van der Waals surface area contributed by atoms with Gasteiger partial charge in [0.2, 0.25) is 0 Å². The Labute approximate surface area is 130 Å². The smallest absolute Gasteiger partial charge is 0.344 e. The Morgan fingerprint density at radius 3 is 2.90 bits per heavy atom. The zero-order chi connectivity index (χ0) is 15.1. The van der Waals surface area contributed by atoms with Crippen LogP contribution in [0.25, 0.3) is 0 Å². The van der Waals surface area contributed by atoms with Crippen molar-refractivity contribution in [1.82, 2.24) is 10.2 Å². The average Bonchev–Trinajstić information content (AvgIpc) is 2.47. The second-order valence-corrected chi connectivity index (χ2v) is 5.56. The molecule has 116 valence electrons. The Hall–Kier alpha value is -1.30. The molecule has 1 fully saturated rings. The second-order valence-electron chi connectivity index (χ2n) is 5.12. The lowest BCUT2D eigenvalue weighted by Gasteiger charge is -2.31. The SMILES string of the molecule is CC1CN(CCOC(=O)COc2ccc(Cl)cc2)CCN1. The first-order chi connectivity index (χ1) is 10.1. The average molecular weight is 313 g/mol. The highest BCUT2D eigenvalue weighted by Gasteiger charge is 2.15. The molecule has 1 aliphatic rings. The van der Waals surface area contributed by atoms with Crippen molar-refractivity contribution in [3.8, 4) is 5.75 Å². The van der Waals surface area contributed by atoms with Crippen LogP contribution in [0.15, 0.2) is 24.3 Å². The van der Waals surface area contributed by atoms with Crippen LogP contribution in [0.1, 0.15) is 6.92 Å². The third-order valence-electron chi connectivity index (χ3n) is 3.29. The highest BCUT2D eigenvalue weighted by Crippen LogP contribution is 2.15. The molecule has 1 heterocycles. The molecular weight excluding hydrogens is 292 g/mol. The number of hydrogen-bond donors (Lipinski definition) is 1. The summed E-state index contributed by atoms with van der Waals surface area (Å²) < 4.78 is 10.5. The lowest BCUT2D eigenvalue weighted by molar-refractivity contribution is -0.146. The van der Waals surface area contributed by atoms with E-state index >= 15 is 0 Å². The minimum Gasteiger partial charge on any atom is -0.482 e. The van der Waals surface area contributed by atoms with Crippen LogP contribution in [-0.2, 0) is 9.53 Å². The summed E-state index contributed by atoms with van der Waals surface area (Å²) in [6.45, 7) is 6.18. The molecule has 1 atom stereocenters. The number of carbonyl (C=O) groups excluding carboxylic acids is 1. The van der Waals surface area contributed by atoms with E-state index in [1.807, 2.05) is 0 Å². The summed E-state index contributed by atoms with van der Waals surface area (Å²) in [6.07, 6.45) is 0. The van der Waals surface area contributed by atoms with Gasteiger partial charge in [-0.25, -0.2) is 4.79 Å². The Morgan fingerprint density at radius 1 is 1.43 bits per heavy atom. The zero-order valence-corrected chi connectivity index (χ0v) is 12.9. The van der Waals surface area contributed by atoms with Gasteiger partial charge in [-0.15, -0.1) is 0 Å². The molecule has 1 aromatic rings. The second kappa shape index (κ2) is 8.22. The van der Waals surface area contributed by atoms with E-state index in [1.165, 1.54) is 0 Å². The molecule has 1 unspecified atom stereocenters. The van der Waals surface area contributed by atoms with Crippen molar-refractivity contribution < 1.29 is 14.3 Å². The van der Waals surface area contributed by atoms with Crippen LogP contribution in [0.2, 0.25) is 5.02 Å². The number of carbonyl (C=O) groups is 1. The third-order valence-corrected chi connectivity index (χ3v) is 3.55. The predicted octanol–water partition coefficient (Wildman–Crippen LogP) is 1.56. The summed E-state index contributed by atoms with van der Waals surface area (Å²) in [5.74, 6) is 0.250. The minimum absolute atomic E-state index is 0.0837. The molecule has 2 rings (SSSR count). The fourth-order valence-corrected chi connectivity index (χ4v) is 2.34. The van der Waals surface area contributed by atoms with E-state index in [4.69, 9.17) is 21.1 Å². The van der Waals surface area contributed by atoms with E-state index < -0.39 is 0 Å². The number of hydrogen-bond acceptors (Lipinski definition) is 5. The Kier molecular flexibility index (Phi) is 6.29. The highest BCUT2D eigenvalue weighted by atomic mass is 35.5. The Balaban J connectivity index is 1.60. The summed E-state index contributed by atoms with van der Waals surface area (Å²) >= 11 is 5.77. The molecular formula is C15H21ClN2O3. The first kappa shape index (κ1) is 16.1. The Bertz CT molecular complexity index is 453. The molecule has 0 bridgehead atoms. The number of nitrogens with one attached hydrogen (secondary N) is 1. The fourth-order valence-electron chi connectivity index (χ4n) is 2.22. The van der Waals surface area contributed by atoms with Gasteiger partial charge < -0.3 is 14.8 Å². The predicted molar refractivity (Wildman–Crippen MR) is 81.8 cm³/mol. The molecule has 0 aliphatic carbocycles. The monoisotopic (exact) mass is 312 g/mol. The summed E-state index contributed by atoms with van der Waals surface area (Å²) in [4.78, 5) is 13.9. The van der Waals surface area contributed by atoms with Crippen molar-refractivity contribution in [1.29, 1.82) is 0 Å². The van der Waals surface area contributed by atoms with Gasteiger partial charge in [0.15, 0.2) is 6.61 Å². The third kappa shape index (κ3) is 5.91. The highest BCUT2D eigenvalue weighted by molar-refractivity contribution is 6.30. The van der Waals surface area contributed by atoms with Crippen LogP contribution < -0.4 is 10.1 Å². The molecule has 0 radical (unpaired) electrons. The number of halogens is 1. The van der Waals surface area contributed by atoms with Gasteiger partial charge in [0.1, 0.15) is 12.4 Å². The van der Waals surface area contributed by atoms with Gasteiger partial charge in [0, 0.05) is 37.2 Å². The molecule has 0 amide bonds. The van der Waals surface area contributed by atoms with Crippen molar-refractivity contribution in [2.45, 2.75) is 13.0 Å². The molecule has 0 spiro atoms. The number of nitrogens with zero attached hydrogens (tertiary/aromatic N) is 1. The number of piperazine rings is 1. The van der Waals surface area contributed by atoms with Gasteiger partial charge in [-0.05, 0) is 31.2 Å². The van der Waals surface area contributed by atoms with E-state index in [0.717, 1.165) is 26.2 Å². The first-order valence-electron chi connectivity index (χ1n) is 7.13. The fraction of sp³-hybridized carbons (Fsp3) is 0.533. The van der Waals surface area contributed by atoms with E-state index in [0.29, 0.717) is 23.4 Å². The number of benzene rings is 1. The first-order valence-corrected chi connectivity index (χ1v) is 7.51. The lowest BCUT2D eigenvalue weighted by atomic mass is 10.2. The quantitative estimate of drug-likeness (QED) is 0.808. The number of esters is 1. The zero-order valence-electron chi connectivity index (χ0n) is 12.2. The Morgan fingerprint density at radius 2 is 2.19 bits per heavy atom. The summed E-state index contributed by atoms with van der Waals surface area (Å²) in [5.41, 5.74) is 0. The van der Waals surface area contributed by atoms with Gasteiger partial charge in [0.05, 0.1) is 0 Å². The van der Waals surface area contributed by atoms with Crippen LogP contribution in [0.5, 0.6) is 5.75 Å². The van der Waals surface area contributed by atoms with E-state index in [2.05, 4.69) is 17.1 Å². The molecule has 1 saturated heterocycles. The van der Waals surface area contributed by atoms with Gasteiger partial charge in [-0.3, -0.25) is 4.90 Å². The lowest BCUT2D eigenvalue weighted by Crippen LogP contribution is -2.50.